The van der Waals surface area contributed by atoms with E-state index in [4.69, 9.17) is 10.8 Å². The van der Waals surface area contributed by atoms with E-state index in [0.717, 1.165) is 27.6 Å². The lowest BCUT2D eigenvalue weighted by Gasteiger charge is -2.49. The first-order valence-corrected chi connectivity index (χ1v) is 12.4. The van der Waals surface area contributed by atoms with E-state index < -0.39 is 35.8 Å². The molecule has 184 valence electrons. The van der Waals surface area contributed by atoms with Gasteiger partial charge < -0.3 is 21.3 Å². The molecular weight excluding hydrogens is 498 g/mol. The van der Waals surface area contributed by atoms with Crippen LogP contribution in [0.4, 0.5) is 0 Å². The van der Waals surface area contributed by atoms with Gasteiger partial charge in [-0.1, -0.05) is 36.0 Å². The Labute approximate surface area is 207 Å². The van der Waals surface area contributed by atoms with Crippen LogP contribution in [0.5, 0.6) is 0 Å². The molecule has 2 aromatic rings. The summed E-state index contributed by atoms with van der Waals surface area (Å²) in [6.07, 6.45) is 0.0586. The fourth-order valence-electron chi connectivity index (χ4n) is 3.80. The molecule has 0 spiro atoms. The van der Waals surface area contributed by atoms with Crippen LogP contribution in [0.3, 0.4) is 0 Å². The molecule has 1 saturated heterocycles. The molecule has 0 radical (unpaired) electrons. The number of amides is 2. The van der Waals surface area contributed by atoms with Crippen molar-refractivity contribution >= 4 is 47.3 Å². The number of nitrogens with one attached hydrogen (secondary N) is 1. The highest BCUT2D eigenvalue weighted by Gasteiger charge is 2.54. The number of hydrogen-bond donors (Lipinski definition) is 4. The van der Waals surface area contributed by atoms with Gasteiger partial charge in [0, 0.05) is 18.1 Å². The molecule has 1 aromatic carbocycles. The van der Waals surface area contributed by atoms with Gasteiger partial charge in [-0.2, -0.15) is 0 Å². The number of fused-ring (bicyclic) bond motifs is 1. The van der Waals surface area contributed by atoms with Crippen molar-refractivity contribution in [2.45, 2.75) is 36.1 Å². The van der Waals surface area contributed by atoms with E-state index in [9.17, 15) is 24.3 Å². The molecule has 0 saturated carbocycles. The van der Waals surface area contributed by atoms with Crippen molar-refractivity contribution in [3.05, 3.63) is 46.7 Å². The van der Waals surface area contributed by atoms with Gasteiger partial charge in [0.2, 0.25) is 11.1 Å². The van der Waals surface area contributed by atoms with Crippen LogP contribution in [0.2, 0.25) is 0 Å². The molecule has 5 N–H and O–H groups in total. The maximum absolute atomic E-state index is 12.8. The number of carboxylic acids is 2. The Morgan fingerprint density at radius 2 is 1.97 bits per heavy atom. The third-order valence-electron chi connectivity index (χ3n) is 5.42. The zero-order chi connectivity index (χ0) is 25.1. The van der Waals surface area contributed by atoms with Gasteiger partial charge in [-0.05, 0) is 27.1 Å². The molecular formula is C20H21N7O6S2. The van der Waals surface area contributed by atoms with E-state index in [1.165, 1.54) is 16.7 Å². The van der Waals surface area contributed by atoms with Gasteiger partial charge in [-0.15, -0.1) is 16.9 Å². The summed E-state index contributed by atoms with van der Waals surface area (Å²) in [5.74, 6) is -2.77. The van der Waals surface area contributed by atoms with Gasteiger partial charge in [0.15, 0.2) is 0 Å². The lowest BCUT2D eigenvalue weighted by Crippen LogP contribution is -2.70. The maximum atomic E-state index is 12.8. The first kappa shape index (κ1) is 24.7. The van der Waals surface area contributed by atoms with E-state index in [1.807, 2.05) is 12.1 Å². The average molecular weight is 520 g/mol. The van der Waals surface area contributed by atoms with E-state index in [2.05, 4.69) is 20.8 Å². The number of carboxylic acid groups (broad SMARTS) is 2. The van der Waals surface area contributed by atoms with Crippen LogP contribution < -0.4 is 11.1 Å². The quantitative estimate of drug-likeness (QED) is 0.228. The van der Waals surface area contributed by atoms with E-state index >= 15 is 0 Å². The van der Waals surface area contributed by atoms with Crippen molar-refractivity contribution in [3.8, 4) is 0 Å². The summed E-state index contributed by atoms with van der Waals surface area (Å²) in [5.41, 5.74) is 7.66. The van der Waals surface area contributed by atoms with Gasteiger partial charge in [0.05, 0.1) is 6.42 Å². The summed E-state index contributed by atoms with van der Waals surface area (Å²) in [5, 5.41) is 32.0. The number of hydrogen-bond acceptors (Lipinski definition) is 10. The summed E-state index contributed by atoms with van der Waals surface area (Å²) in [6, 6.07) is 6.44. The SMILES string of the molecule is NCc1ccccc1CC(=O)NC1C(=O)N2C(C(=O)O)=C(CSc3nnnn3CC(=O)O)CSC12. The fourth-order valence-corrected chi connectivity index (χ4v) is 6.16. The Balaban J connectivity index is 1.43. The number of carbonyl (C=O) groups is 4. The molecule has 1 fully saturated rings. The van der Waals surface area contributed by atoms with Crippen molar-refractivity contribution in [1.29, 1.82) is 0 Å². The van der Waals surface area contributed by atoms with Crippen LogP contribution in [0.15, 0.2) is 40.7 Å². The number of nitrogens with zero attached hydrogens (tertiary/aromatic N) is 5. The third kappa shape index (κ3) is 5.16. The monoisotopic (exact) mass is 519 g/mol. The molecule has 2 unspecified atom stereocenters. The summed E-state index contributed by atoms with van der Waals surface area (Å²) < 4.78 is 1.09. The number of β-lactam (4-membered cyclic amide) rings is 1. The molecule has 2 atom stereocenters. The zero-order valence-corrected chi connectivity index (χ0v) is 19.8. The van der Waals surface area contributed by atoms with Crippen LogP contribution >= 0.6 is 23.5 Å². The van der Waals surface area contributed by atoms with Crippen molar-refractivity contribution in [2.75, 3.05) is 11.5 Å². The lowest BCUT2D eigenvalue weighted by molar-refractivity contribution is -0.150. The highest BCUT2D eigenvalue weighted by Crippen LogP contribution is 2.41. The van der Waals surface area contributed by atoms with Crippen molar-refractivity contribution in [2.24, 2.45) is 5.73 Å². The van der Waals surface area contributed by atoms with Gasteiger partial charge in [0.1, 0.15) is 23.7 Å². The summed E-state index contributed by atoms with van der Waals surface area (Å²) >= 11 is 2.42. The molecule has 2 amide bonds. The number of tetrazole rings is 1. The Morgan fingerprint density at radius 3 is 2.66 bits per heavy atom. The number of aliphatic carboxylic acids is 2. The number of nitrogens with two attached hydrogens (primary N) is 1. The predicted octanol–water partition coefficient (Wildman–Crippen LogP) is -0.710. The molecule has 3 heterocycles. The highest BCUT2D eigenvalue weighted by molar-refractivity contribution is 8.01. The molecule has 0 bridgehead atoms. The summed E-state index contributed by atoms with van der Waals surface area (Å²) in [6.45, 7) is -0.146. The first-order chi connectivity index (χ1) is 16.8. The number of thioether (sulfide) groups is 2. The van der Waals surface area contributed by atoms with Crippen LogP contribution in [-0.4, -0.2) is 82.0 Å². The molecule has 2 aliphatic rings. The molecule has 0 aliphatic carbocycles. The Morgan fingerprint density at radius 1 is 1.23 bits per heavy atom. The van der Waals surface area contributed by atoms with Crippen molar-refractivity contribution < 1.29 is 29.4 Å². The minimum absolute atomic E-state index is 0.0586. The average Bonchev–Trinajstić information content (AvgIpc) is 3.26. The van der Waals surface area contributed by atoms with Gasteiger partial charge >= 0.3 is 11.9 Å². The number of benzene rings is 1. The number of aromatic nitrogens is 4. The van der Waals surface area contributed by atoms with Gasteiger partial charge in [-0.3, -0.25) is 19.3 Å². The van der Waals surface area contributed by atoms with Crippen molar-refractivity contribution in [1.82, 2.24) is 30.4 Å². The third-order valence-corrected chi connectivity index (χ3v) is 7.80. The van der Waals surface area contributed by atoms with Crippen LogP contribution in [0.25, 0.3) is 0 Å². The standard InChI is InChI=1S/C20H21N7O6S2/c21-6-11-4-2-1-3-10(11)5-13(28)22-15-17(31)27-16(19(32)33)12(8-34-18(15)27)9-35-20-23-24-25-26(20)7-14(29)30/h1-4,15,18H,5-9,21H2,(H,22,28)(H,29,30)(H,32,33). The van der Waals surface area contributed by atoms with Crippen LogP contribution in [0, 0.1) is 0 Å². The van der Waals surface area contributed by atoms with E-state index in [0.29, 0.717) is 11.3 Å². The highest BCUT2D eigenvalue weighted by atomic mass is 32.2. The Bertz CT molecular complexity index is 1220. The number of rotatable bonds is 10. The largest absolute Gasteiger partial charge is 0.480 e. The Kier molecular flexibility index (Phi) is 7.37. The summed E-state index contributed by atoms with van der Waals surface area (Å²) in [7, 11) is 0. The molecule has 2 aliphatic heterocycles. The summed E-state index contributed by atoms with van der Waals surface area (Å²) in [4.78, 5) is 49.6. The minimum atomic E-state index is -1.26. The normalized spacial score (nSPS) is 19.2. The Hall–Kier alpha value is -3.43. The molecule has 4 rings (SSSR count). The van der Waals surface area contributed by atoms with Crippen LogP contribution in [-0.2, 0) is 38.7 Å². The second-order valence-electron chi connectivity index (χ2n) is 7.66. The predicted molar refractivity (Wildman–Crippen MR) is 124 cm³/mol. The molecule has 1 aromatic heterocycles. The maximum Gasteiger partial charge on any atom is 0.352 e. The number of carbonyl (C=O) groups excluding carboxylic acids is 2. The topological polar surface area (TPSA) is 194 Å². The second kappa shape index (κ2) is 10.5. The molecule has 15 heteroatoms. The van der Waals surface area contributed by atoms with E-state index in [-0.39, 0.29) is 35.5 Å². The van der Waals surface area contributed by atoms with Gasteiger partial charge in [-0.25, -0.2) is 9.48 Å². The van der Waals surface area contributed by atoms with Crippen molar-refractivity contribution in [3.63, 3.8) is 0 Å². The lowest BCUT2D eigenvalue weighted by atomic mass is 10.0. The smallest absolute Gasteiger partial charge is 0.352 e. The van der Waals surface area contributed by atoms with Gasteiger partial charge in [0.25, 0.3) is 5.91 Å². The minimum Gasteiger partial charge on any atom is -0.480 e. The van der Waals surface area contributed by atoms with Crippen LogP contribution in [0.1, 0.15) is 11.1 Å². The molecule has 35 heavy (non-hydrogen) atoms. The second-order valence-corrected chi connectivity index (χ2v) is 9.71. The fraction of sp³-hybridized carbons (Fsp3) is 0.350. The molecule has 13 nitrogen and oxygen atoms in total. The first-order valence-electron chi connectivity index (χ1n) is 10.4. The zero-order valence-electron chi connectivity index (χ0n) is 18.2. The van der Waals surface area contributed by atoms with E-state index in [1.54, 1.807) is 12.1 Å².